The Morgan fingerprint density at radius 2 is 2.04 bits per heavy atom. The summed E-state index contributed by atoms with van der Waals surface area (Å²) in [7, 11) is 0. The molecule has 2 heterocycles. The number of anilines is 1. The van der Waals surface area contributed by atoms with Crippen LogP contribution in [0.3, 0.4) is 0 Å². The van der Waals surface area contributed by atoms with Crippen molar-refractivity contribution in [2.75, 3.05) is 5.32 Å². The molecule has 4 rings (SSSR count). The van der Waals surface area contributed by atoms with E-state index in [2.05, 4.69) is 16.5 Å². The van der Waals surface area contributed by atoms with Crippen LogP contribution in [0.25, 0.3) is 5.69 Å². The molecule has 0 spiro atoms. The molecule has 0 fully saturated rings. The van der Waals surface area contributed by atoms with Gasteiger partial charge in [0.1, 0.15) is 11.1 Å². The Morgan fingerprint density at radius 1 is 1.24 bits per heavy atom. The van der Waals surface area contributed by atoms with E-state index in [-0.39, 0.29) is 5.91 Å². The maximum atomic E-state index is 12.6. The summed E-state index contributed by atoms with van der Waals surface area (Å²) in [5.74, 6) is -0.239. The molecule has 1 aliphatic rings. The van der Waals surface area contributed by atoms with Crippen molar-refractivity contribution in [2.45, 2.75) is 25.7 Å². The molecule has 0 bridgehead atoms. The van der Waals surface area contributed by atoms with Crippen molar-refractivity contribution in [3.8, 4) is 11.8 Å². The molecule has 0 saturated heterocycles. The average molecular weight is 348 g/mol. The van der Waals surface area contributed by atoms with Crippen molar-refractivity contribution in [1.29, 1.82) is 5.26 Å². The number of carbonyl (C=O) groups excluding carboxylic acids is 1. The zero-order valence-electron chi connectivity index (χ0n) is 13.5. The summed E-state index contributed by atoms with van der Waals surface area (Å²) in [4.78, 5) is 13.8. The summed E-state index contributed by atoms with van der Waals surface area (Å²) in [6, 6.07) is 11.9. The highest BCUT2D eigenvalue weighted by atomic mass is 32.1. The predicted octanol–water partition coefficient (Wildman–Crippen LogP) is 3.94. The zero-order chi connectivity index (χ0) is 17.2. The first kappa shape index (κ1) is 15.6. The van der Waals surface area contributed by atoms with Gasteiger partial charge >= 0.3 is 0 Å². The van der Waals surface area contributed by atoms with Gasteiger partial charge in [0.15, 0.2) is 0 Å². The van der Waals surface area contributed by atoms with Crippen LogP contribution in [0.2, 0.25) is 0 Å². The number of aryl methyl sites for hydroxylation is 1. The monoisotopic (exact) mass is 348 g/mol. The zero-order valence-corrected chi connectivity index (χ0v) is 14.3. The number of nitrogens with zero attached hydrogens (tertiary/aromatic N) is 3. The number of hydrogen-bond donors (Lipinski definition) is 1. The van der Waals surface area contributed by atoms with E-state index in [0.29, 0.717) is 16.1 Å². The number of nitrogens with one attached hydrogen (secondary N) is 1. The van der Waals surface area contributed by atoms with Crippen molar-refractivity contribution in [1.82, 2.24) is 9.78 Å². The number of aromatic nitrogens is 2. The van der Waals surface area contributed by atoms with Gasteiger partial charge in [-0.05, 0) is 43.4 Å². The van der Waals surface area contributed by atoms with Gasteiger partial charge in [0.25, 0.3) is 5.91 Å². The molecule has 6 heteroatoms. The van der Waals surface area contributed by atoms with E-state index < -0.39 is 0 Å². The maximum Gasteiger partial charge on any atom is 0.259 e. The highest BCUT2D eigenvalue weighted by Crippen LogP contribution is 2.37. The molecule has 3 aromatic rings. The Hall–Kier alpha value is -2.91. The molecule has 1 amide bonds. The van der Waals surface area contributed by atoms with Crippen LogP contribution in [0.15, 0.2) is 42.7 Å². The van der Waals surface area contributed by atoms with Gasteiger partial charge in [0, 0.05) is 11.1 Å². The SMILES string of the molecule is N#Cc1c(NC(=O)c2cnn(-c3ccccc3)c2)sc2c1CCCC2. The quantitative estimate of drug-likeness (QED) is 0.779. The maximum absolute atomic E-state index is 12.6. The third-order valence-electron chi connectivity index (χ3n) is 4.38. The van der Waals surface area contributed by atoms with Gasteiger partial charge < -0.3 is 5.32 Å². The summed E-state index contributed by atoms with van der Waals surface area (Å²) in [5.41, 5.74) is 3.11. The minimum Gasteiger partial charge on any atom is -0.312 e. The summed E-state index contributed by atoms with van der Waals surface area (Å²) in [6.07, 6.45) is 7.42. The van der Waals surface area contributed by atoms with E-state index in [4.69, 9.17) is 0 Å². The number of nitriles is 1. The summed E-state index contributed by atoms with van der Waals surface area (Å²) < 4.78 is 1.67. The van der Waals surface area contributed by atoms with Crippen LogP contribution in [0, 0.1) is 11.3 Å². The van der Waals surface area contributed by atoms with Crippen LogP contribution in [0.4, 0.5) is 5.00 Å². The number of hydrogen-bond acceptors (Lipinski definition) is 4. The molecule has 2 aromatic heterocycles. The van der Waals surface area contributed by atoms with E-state index in [1.807, 2.05) is 30.3 Å². The lowest BCUT2D eigenvalue weighted by Gasteiger charge is -2.09. The number of para-hydroxylation sites is 1. The molecule has 0 aliphatic heterocycles. The van der Waals surface area contributed by atoms with Gasteiger partial charge in [-0.25, -0.2) is 4.68 Å². The third kappa shape index (κ3) is 2.94. The van der Waals surface area contributed by atoms with Crippen molar-refractivity contribution < 1.29 is 4.79 Å². The van der Waals surface area contributed by atoms with Gasteiger partial charge in [0.05, 0.1) is 23.0 Å². The van der Waals surface area contributed by atoms with E-state index in [1.54, 1.807) is 17.1 Å². The average Bonchev–Trinajstić information content (AvgIpc) is 3.27. The Morgan fingerprint density at radius 3 is 2.84 bits per heavy atom. The first-order chi connectivity index (χ1) is 12.3. The lowest BCUT2D eigenvalue weighted by atomic mass is 9.96. The highest BCUT2D eigenvalue weighted by Gasteiger charge is 2.22. The summed E-state index contributed by atoms with van der Waals surface area (Å²) in [5, 5.41) is 17.3. The normalized spacial score (nSPS) is 13.1. The number of carbonyl (C=O) groups is 1. The number of fused-ring (bicyclic) bond motifs is 1. The number of rotatable bonds is 3. The summed E-state index contributed by atoms with van der Waals surface area (Å²) in [6.45, 7) is 0. The van der Waals surface area contributed by atoms with Gasteiger partial charge in [-0.2, -0.15) is 10.4 Å². The number of amides is 1. The van der Waals surface area contributed by atoms with Gasteiger partial charge in [-0.1, -0.05) is 18.2 Å². The molecule has 124 valence electrons. The topological polar surface area (TPSA) is 70.7 Å². The fourth-order valence-electron chi connectivity index (χ4n) is 3.11. The molecule has 0 radical (unpaired) electrons. The van der Waals surface area contributed by atoms with Crippen LogP contribution < -0.4 is 5.32 Å². The molecular formula is C19H16N4OS. The van der Waals surface area contributed by atoms with E-state index >= 15 is 0 Å². The molecule has 25 heavy (non-hydrogen) atoms. The van der Waals surface area contributed by atoms with Crippen molar-refractivity contribution in [2.24, 2.45) is 0 Å². The molecule has 1 aliphatic carbocycles. The molecule has 0 atom stereocenters. The second-order valence-corrected chi connectivity index (χ2v) is 7.10. The molecule has 5 nitrogen and oxygen atoms in total. The van der Waals surface area contributed by atoms with Crippen molar-refractivity contribution in [3.63, 3.8) is 0 Å². The van der Waals surface area contributed by atoms with Crippen molar-refractivity contribution in [3.05, 3.63) is 64.3 Å². The standard InChI is InChI=1S/C19H16N4OS/c20-10-16-15-8-4-5-9-17(15)25-19(16)22-18(24)13-11-21-23(12-13)14-6-2-1-3-7-14/h1-3,6-7,11-12H,4-5,8-9H2,(H,22,24). The van der Waals surface area contributed by atoms with Crippen LogP contribution in [-0.2, 0) is 12.8 Å². The minimum atomic E-state index is -0.239. The lowest BCUT2D eigenvalue weighted by molar-refractivity contribution is 0.102. The van der Waals surface area contributed by atoms with E-state index in [1.165, 1.54) is 16.2 Å². The first-order valence-corrected chi connectivity index (χ1v) is 9.04. The highest BCUT2D eigenvalue weighted by molar-refractivity contribution is 7.16. The summed E-state index contributed by atoms with van der Waals surface area (Å²) >= 11 is 1.53. The number of benzene rings is 1. The van der Waals surface area contributed by atoms with Crippen LogP contribution in [-0.4, -0.2) is 15.7 Å². The van der Waals surface area contributed by atoms with Gasteiger partial charge in [-0.3, -0.25) is 4.79 Å². The molecule has 1 N–H and O–H groups in total. The van der Waals surface area contributed by atoms with E-state index in [0.717, 1.165) is 36.9 Å². The predicted molar refractivity (Wildman–Crippen MR) is 97.2 cm³/mol. The first-order valence-electron chi connectivity index (χ1n) is 8.22. The van der Waals surface area contributed by atoms with Crippen LogP contribution in [0.1, 0.15) is 39.2 Å². The molecule has 0 unspecified atom stereocenters. The fourth-order valence-corrected chi connectivity index (χ4v) is 4.34. The second-order valence-electron chi connectivity index (χ2n) is 5.99. The number of thiophene rings is 1. The third-order valence-corrected chi connectivity index (χ3v) is 5.58. The van der Waals surface area contributed by atoms with E-state index in [9.17, 15) is 10.1 Å². The molecular weight excluding hydrogens is 332 g/mol. The molecule has 0 saturated carbocycles. The minimum absolute atomic E-state index is 0.239. The van der Waals surface area contributed by atoms with Crippen LogP contribution in [0.5, 0.6) is 0 Å². The lowest BCUT2D eigenvalue weighted by Crippen LogP contribution is -2.11. The Kier molecular flexibility index (Phi) is 4.08. The second kappa shape index (κ2) is 6.54. The fraction of sp³-hybridized carbons (Fsp3) is 0.211. The van der Waals surface area contributed by atoms with Gasteiger partial charge in [-0.15, -0.1) is 11.3 Å². The van der Waals surface area contributed by atoms with Gasteiger partial charge in [0.2, 0.25) is 0 Å². The Labute approximate surface area is 149 Å². The smallest absolute Gasteiger partial charge is 0.259 e. The van der Waals surface area contributed by atoms with Crippen LogP contribution >= 0.6 is 11.3 Å². The largest absolute Gasteiger partial charge is 0.312 e. The Bertz CT molecular complexity index is 965. The van der Waals surface area contributed by atoms with Crippen molar-refractivity contribution >= 4 is 22.2 Å². The molecule has 1 aromatic carbocycles. The Balaban J connectivity index is 1.58.